The Hall–Kier alpha value is 1.54. The molecule has 1 unspecified atom stereocenters. The largest absolute Gasteiger partial charge is 0.793 e. The van der Waals surface area contributed by atoms with Crippen molar-refractivity contribution in [3.8, 4) is 0 Å². The van der Waals surface area contributed by atoms with E-state index in [1.54, 1.807) is 0 Å². The van der Waals surface area contributed by atoms with E-state index in [1.807, 2.05) is 0 Å². The molecule has 0 aromatic heterocycles. The minimum Gasteiger partial charge on any atom is -0.793 e. The number of hydrogen-bond acceptors (Lipinski definition) is 4. The van der Waals surface area contributed by atoms with Gasteiger partial charge in [-0.15, -0.1) is 11.4 Å². The van der Waals surface area contributed by atoms with Crippen molar-refractivity contribution in [1.29, 1.82) is 0 Å². The molecular weight excluding hydrogens is 577 g/mol. The molecule has 0 aliphatic heterocycles. The van der Waals surface area contributed by atoms with Crippen molar-refractivity contribution in [2.24, 2.45) is 0 Å². The van der Waals surface area contributed by atoms with Crippen molar-refractivity contribution in [2.45, 2.75) is 194 Å². The topological polar surface area (TPSA) is 32.3 Å². The quantitative estimate of drug-likeness (QED) is 0.0415. The minimum atomic E-state index is -2.87. The third-order valence-corrected chi connectivity index (χ3v) is 11.9. The maximum atomic E-state index is 12.4. The van der Waals surface area contributed by atoms with E-state index in [1.165, 1.54) is 178 Å². The standard InChI is InChI=1S/C32H67O2PS2.Zn/c1-3-5-7-9-11-13-15-17-19-21-23-25-27-29-31-34-35(33,36)37-32-30-28-26-24-22-20-18-16-14-12-10-8-6-4-2;/h3-32H2,1-2H3,(H,33,36);/p-1. The van der Waals surface area contributed by atoms with E-state index in [9.17, 15) is 4.89 Å². The van der Waals surface area contributed by atoms with Crippen molar-refractivity contribution in [2.75, 3.05) is 12.4 Å². The third kappa shape index (κ3) is 35.6. The average molecular weight is 643 g/mol. The molecule has 0 spiro atoms. The van der Waals surface area contributed by atoms with Gasteiger partial charge in [-0.05, 0) is 18.6 Å². The van der Waals surface area contributed by atoms with Gasteiger partial charge in [-0.25, -0.2) is 0 Å². The molecule has 0 radical (unpaired) electrons. The summed E-state index contributed by atoms with van der Waals surface area (Å²) in [6.07, 6.45) is 38.0. The van der Waals surface area contributed by atoms with E-state index < -0.39 is 5.69 Å². The predicted octanol–water partition coefficient (Wildman–Crippen LogP) is 12.3. The number of hydrogen-bond donors (Lipinski definition) is 0. The van der Waals surface area contributed by atoms with Gasteiger partial charge < -0.3 is 9.42 Å². The molecule has 0 aromatic rings. The first-order valence-electron chi connectivity index (χ1n) is 16.7. The molecule has 0 rings (SSSR count). The summed E-state index contributed by atoms with van der Waals surface area (Å²) < 4.78 is 5.59. The SMILES string of the molecule is CCCCCCCCCCCCCCCCOP([O-])(=S)SCCCCCCCCCCCCCCCC.[Zn]. The summed E-state index contributed by atoms with van der Waals surface area (Å²) in [4.78, 5) is 12.4. The fourth-order valence-corrected chi connectivity index (χ4v) is 8.37. The van der Waals surface area contributed by atoms with Gasteiger partial charge in [0, 0.05) is 25.2 Å². The van der Waals surface area contributed by atoms with E-state index in [0.717, 1.165) is 18.6 Å². The Balaban J connectivity index is 0. The van der Waals surface area contributed by atoms with E-state index in [4.69, 9.17) is 16.3 Å². The number of unbranched alkanes of at least 4 members (excludes halogenated alkanes) is 26. The van der Waals surface area contributed by atoms with Crippen LogP contribution in [0.2, 0.25) is 0 Å². The number of rotatable bonds is 32. The van der Waals surface area contributed by atoms with Gasteiger partial charge in [-0.2, -0.15) is 0 Å². The molecule has 0 fully saturated rings. The third-order valence-electron chi connectivity index (χ3n) is 7.49. The summed E-state index contributed by atoms with van der Waals surface area (Å²) in [5.41, 5.74) is -2.87. The van der Waals surface area contributed by atoms with Gasteiger partial charge >= 0.3 is 0 Å². The van der Waals surface area contributed by atoms with Crippen molar-refractivity contribution in [3.63, 3.8) is 0 Å². The first kappa shape index (κ1) is 41.7. The molecule has 2 nitrogen and oxygen atoms in total. The molecule has 0 saturated carbocycles. The Morgan fingerprint density at radius 2 is 0.737 bits per heavy atom. The molecule has 0 aromatic carbocycles. The van der Waals surface area contributed by atoms with Crippen LogP contribution < -0.4 is 4.89 Å². The summed E-state index contributed by atoms with van der Waals surface area (Å²) in [6, 6.07) is 0. The van der Waals surface area contributed by atoms with E-state index in [-0.39, 0.29) is 19.5 Å². The summed E-state index contributed by atoms with van der Waals surface area (Å²) in [7, 11) is 0. The normalized spacial score (nSPS) is 12.9. The van der Waals surface area contributed by atoms with Gasteiger partial charge in [0.25, 0.3) is 0 Å². The smallest absolute Gasteiger partial charge is 0.0513 e. The molecule has 0 aliphatic carbocycles. The monoisotopic (exact) mass is 641 g/mol. The summed E-state index contributed by atoms with van der Waals surface area (Å²) in [6.45, 7) is 5.14. The van der Waals surface area contributed by atoms with Crippen molar-refractivity contribution >= 4 is 28.9 Å². The average Bonchev–Trinajstić information content (AvgIpc) is 2.88. The van der Waals surface area contributed by atoms with Crippen LogP contribution in [0.15, 0.2) is 0 Å². The second-order valence-electron chi connectivity index (χ2n) is 11.3. The van der Waals surface area contributed by atoms with Gasteiger partial charge in [0.15, 0.2) is 0 Å². The minimum absolute atomic E-state index is 0. The zero-order valence-corrected chi connectivity index (χ0v) is 31.5. The van der Waals surface area contributed by atoms with Crippen LogP contribution in [-0.4, -0.2) is 12.4 Å². The Bertz CT molecular complexity index is 444. The van der Waals surface area contributed by atoms with Crippen LogP contribution >= 0.6 is 17.1 Å². The summed E-state index contributed by atoms with van der Waals surface area (Å²) >= 11 is 6.64. The van der Waals surface area contributed by atoms with Crippen LogP contribution in [0.4, 0.5) is 0 Å². The Morgan fingerprint density at radius 3 is 1.05 bits per heavy atom. The summed E-state index contributed by atoms with van der Waals surface area (Å²) in [5.74, 6) is 0.886. The van der Waals surface area contributed by atoms with Crippen LogP contribution in [-0.2, 0) is 35.8 Å². The predicted molar refractivity (Wildman–Crippen MR) is 173 cm³/mol. The first-order chi connectivity index (χ1) is 18.1. The molecule has 0 heterocycles. The van der Waals surface area contributed by atoms with E-state index >= 15 is 0 Å². The van der Waals surface area contributed by atoms with Crippen LogP contribution in [0, 0.1) is 0 Å². The van der Waals surface area contributed by atoms with Crippen molar-refractivity contribution in [1.82, 2.24) is 0 Å². The van der Waals surface area contributed by atoms with Crippen LogP contribution in [0.1, 0.15) is 194 Å². The Morgan fingerprint density at radius 1 is 0.474 bits per heavy atom. The molecule has 226 valence electrons. The van der Waals surface area contributed by atoms with E-state index in [2.05, 4.69) is 13.8 Å². The zero-order chi connectivity index (χ0) is 27.1. The van der Waals surface area contributed by atoms with Crippen molar-refractivity contribution < 1.29 is 28.9 Å². The molecule has 0 amide bonds. The fraction of sp³-hybridized carbons (Fsp3) is 1.00. The van der Waals surface area contributed by atoms with Crippen LogP contribution in [0.25, 0.3) is 0 Å². The van der Waals surface area contributed by atoms with Crippen LogP contribution in [0.3, 0.4) is 0 Å². The molecule has 0 aliphatic rings. The Labute approximate surface area is 262 Å². The fourth-order valence-electron chi connectivity index (χ4n) is 4.98. The Kier molecular flexibility index (Phi) is 38.1. The second-order valence-corrected chi connectivity index (χ2v) is 17.5. The second kappa shape index (κ2) is 34.7. The van der Waals surface area contributed by atoms with Gasteiger partial charge in [0.2, 0.25) is 0 Å². The van der Waals surface area contributed by atoms with Crippen molar-refractivity contribution in [3.05, 3.63) is 0 Å². The van der Waals surface area contributed by atoms with Crippen LogP contribution in [0.5, 0.6) is 0 Å². The maximum absolute atomic E-state index is 12.4. The molecule has 0 N–H and O–H groups in total. The first-order valence-corrected chi connectivity index (χ1v) is 21.0. The zero-order valence-electron chi connectivity index (χ0n) is 26.0. The maximum Gasteiger partial charge on any atom is 0.0513 e. The van der Waals surface area contributed by atoms with Gasteiger partial charge in [-0.3, -0.25) is 0 Å². The molecule has 6 heteroatoms. The van der Waals surface area contributed by atoms with Gasteiger partial charge in [0.05, 0.1) is 6.61 Å². The van der Waals surface area contributed by atoms with Gasteiger partial charge in [0.1, 0.15) is 0 Å². The molecular formula is C32H66O2PS2Zn-. The summed E-state index contributed by atoms with van der Waals surface area (Å²) in [5, 5.41) is 0. The molecule has 1 atom stereocenters. The van der Waals surface area contributed by atoms with Gasteiger partial charge in [-0.1, -0.05) is 193 Å². The molecule has 0 saturated heterocycles. The molecule has 38 heavy (non-hydrogen) atoms. The van der Waals surface area contributed by atoms with E-state index in [0.29, 0.717) is 6.61 Å². The molecule has 0 bridgehead atoms.